The number of hydrogen-bond donors (Lipinski definition) is 1. The number of benzene rings is 1. The molecule has 1 aliphatic heterocycles. The monoisotopic (exact) mass is 303 g/mol. The Hall–Kier alpha value is -2.32. The Bertz CT molecular complexity index is 700. The average molecular weight is 303 g/mol. The van der Waals surface area contributed by atoms with E-state index < -0.39 is 4.92 Å². The van der Waals surface area contributed by atoms with Crippen LogP contribution in [0.3, 0.4) is 0 Å². The lowest BCUT2D eigenvalue weighted by atomic mass is 10.1. The van der Waals surface area contributed by atoms with Crippen molar-refractivity contribution < 1.29 is 9.45 Å². The molecule has 1 fully saturated rings. The summed E-state index contributed by atoms with van der Waals surface area (Å²) in [6.07, 6.45) is 0. The van der Waals surface area contributed by atoms with Gasteiger partial charge in [-0.2, -0.15) is 4.98 Å². The van der Waals surface area contributed by atoms with Gasteiger partial charge in [-0.25, -0.2) is 0 Å². The maximum atomic E-state index is 11.0. The minimum atomic E-state index is -0.408. The van der Waals surface area contributed by atoms with Crippen LogP contribution >= 0.6 is 0 Å². The molecular formula is C14H17N5O3. The second-order valence-electron chi connectivity index (χ2n) is 5.42. The van der Waals surface area contributed by atoms with Gasteiger partial charge in [-0.3, -0.25) is 15.0 Å². The number of piperazine rings is 1. The molecule has 0 radical (unpaired) electrons. The van der Waals surface area contributed by atoms with E-state index in [-0.39, 0.29) is 11.7 Å². The molecule has 116 valence electrons. The van der Waals surface area contributed by atoms with Gasteiger partial charge in [0.05, 0.1) is 11.0 Å². The summed E-state index contributed by atoms with van der Waals surface area (Å²) in [6, 6.07) is 4.95. The van der Waals surface area contributed by atoms with Crippen molar-refractivity contribution in [1.82, 2.24) is 20.4 Å². The summed E-state index contributed by atoms with van der Waals surface area (Å²) in [5, 5.41) is 18.3. The van der Waals surface area contributed by atoms with Crippen molar-refractivity contribution in [2.24, 2.45) is 0 Å². The number of hydrogen-bond acceptors (Lipinski definition) is 7. The number of nitrogens with one attached hydrogen (secondary N) is 1. The lowest BCUT2D eigenvalue weighted by molar-refractivity contribution is -0.385. The van der Waals surface area contributed by atoms with Crippen LogP contribution in [0.2, 0.25) is 0 Å². The van der Waals surface area contributed by atoms with Crippen LogP contribution in [-0.2, 0) is 0 Å². The quantitative estimate of drug-likeness (QED) is 0.678. The number of rotatable bonds is 3. The van der Waals surface area contributed by atoms with Crippen molar-refractivity contribution in [2.75, 3.05) is 26.7 Å². The fourth-order valence-corrected chi connectivity index (χ4v) is 2.52. The molecule has 0 aliphatic carbocycles. The van der Waals surface area contributed by atoms with Crippen molar-refractivity contribution >= 4 is 5.69 Å². The number of nitrogens with zero attached hydrogens (tertiary/aromatic N) is 4. The summed E-state index contributed by atoms with van der Waals surface area (Å²) in [6.45, 7) is 4.29. The molecule has 3 rings (SSSR count). The van der Waals surface area contributed by atoms with Crippen LogP contribution in [0.25, 0.3) is 11.5 Å². The minimum Gasteiger partial charge on any atom is -0.334 e. The smallest absolute Gasteiger partial charge is 0.273 e. The molecule has 1 aromatic carbocycles. The molecule has 2 heterocycles. The van der Waals surface area contributed by atoms with Crippen LogP contribution < -0.4 is 5.32 Å². The first kappa shape index (κ1) is 14.6. The molecule has 0 bridgehead atoms. The van der Waals surface area contributed by atoms with Crippen molar-refractivity contribution in [3.63, 3.8) is 0 Å². The summed E-state index contributed by atoms with van der Waals surface area (Å²) < 4.78 is 5.29. The van der Waals surface area contributed by atoms with Crippen LogP contribution in [0.15, 0.2) is 22.7 Å². The number of aromatic nitrogens is 2. The van der Waals surface area contributed by atoms with Gasteiger partial charge in [-0.05, 0) is 20.0 Å². The Morgan fingerprint density at radius 1 is 1.50 bits per heavy atom. The van der Waals surface area contributed by atoms with Gasteiger partial charge in [0.25, 0.3) is 11.6 Å². The summed E-state index contributed by atoms with van der Waals surface area (Å²) >= 11 is 0. The highest BCUT2D eigenvalue weighted by Gasteiger charge is 2.26. The molecule has 22 heavy (non-hydrogen) atoms. The first-order valence-corrected chi connectivity index (χ1v) is 7.06. The minimum absolute atomic E-state index is 0.0479. The molecule has 1 N–H and O–H groups in total. The third-order valence-corrected chi connectivity index (χ3v) is 3.90. The zero-order chi connectivity index (χ0) is 15.7. The van der Waals surface area contributed by atoms with Gasteiger partial charge in [0.1, 0.15) is 0 Å². The van der Waals surface area contributed by atoms with Gasteiger partial charge in [-0.15, -0.1) is 0 Å². The Morgan fingerprint density at radius 2 is 2.32 bits per heavy atom. The van der Waals surface area contributed by atoms with Crippen LogP contribution in [0.5, 0.6) is 0 Å². The molecule has 0 spiro atoms. The summed E-state index contributed by atoms with van der Waals surface area (Å²) in [7, 11) is 2.01. The van der Waals surface area contributed by atoms with E-state index >= 15 is 0 Å². The highest BCUT2D eigenvalue weighted by atomic mass is 16.6. The zero-order valence-corrected chi connectivity index (χ0v) is 12.4. The van der Waals surface area contributed by atoms with Gasteiger partial charge >= 0.3 is 0 Å². The second-order valence-corrected chi connectivity index (χ2v) is 5.42. The highest BCUT2D eigenvalue weighted by Crippen LogP contribution is 2.27. The van der Waals surface area contributed by atoms with Crippen LogP contribution in [0, 0.1) is 17.0 Å². The van der Waals surface area contributed by atoms with E-state index in [0.29, 0.717) is 22.8 Å². The first-order chi connectivity index (χ1) is 10.6. The Morgan fingerprint density at radius 3 is 3.05 bits per heavy atom. The fourth-order valence-electron chi connectivity index (χ4n) is 2.52. The highest BCUT2D eigenvalue weighted by molar-refractivity contribution is 5.59. The van der Waals surface area contributed by atoms with E-state index in [1.54, 1.807) is 19.1 Å². The van der Waals surface area contributed by atoms with E-state index in [9.17, 15) is 10.1 Å². The van der Waals surface area contributed by atoms with E-state index in [1.807, 2.05) is 7.05 Å². The Balaban J connectivity index is 1.90. The molecule has 1 atom stereocenters. The Kier molecular flexibility index (Phi) is 3.86. The molecule has 8 nitrogen and oxygen atoms in total. The second kappa shape index (κ2) is 5.82. The van der Waals surface area contributed by atoms with Crippen molar-refractivity contribution in [3.05, 3.63) is 39.7 Å². The van der Waals surface area contributed by atoms with E-state index in [1.165, 1.54) is 6.07 Å². The van der Waals surface area contributed by atoms with Crippen LogP contribution in [0.4, 0.5) is 5.69 Å². The molecule has 0 amide bonds. The maximum absolute atomic E-state index is 11.0. The van der Waals surface area contributed by atoms with Crippen LogP contribution in [-0.4, -0.2) is 46.6 Å². The zero-order valence-electron chi connectivity index (χ0n) is 12.4. The van der Waals surface area contributed by atoms with Crippen molar-refractivity contribution in [1.29, 1.82) is 0 Å². The molecule has 2 aromatic rings. The van der Waals surface area contributed by atoms with Gasteiger partial charge < -0.3 is 9.84 Å². The predicted octanol–water partition coefficient (Wildman–Crippen LogP) is 1.53. The molecule has 1 saturated heterocycles. The molecular weight excluding hydrogens is 286 g/mol. The molecule has 1 unspecified atom stereocenters. The molecule has 0 saturated carbocycles. The topological polar surface area (TPSA) is 97.3 Å². The molecule has 1 aromatic heterocycles. The largest absolute Gasteiger partial charge is 0.334 e. The van der Waals surface area contributed by atoms with E-state index in [4.69, 9.17) is 4.52 Å². The summed E-state index contributed by atoms with van der Waals surface area (Å²) in [5.74, 6) is 0.894. The fraction of sp³-hybridized carbons (Fsp3) is 0.429. The molecule has 8 heteroatoms. The number of likely N-dealkylation sites (N-methyl/N-ethyl adjacent to an activating group) is 1. The van der Waals surface area contributed by atoms with Crippen molar-refractivity contribution in [3.8, 4) is 11.5 Å². The maximum Gasteiger partial charge on any atom is 0.273 e. The number of nitro benzene ring substituents is 1. The van der Waals surface area contributed by atoms with Gasteiger partial charge in [-0.1, -0.05) is 11.2 Å². The number of aryl methyl sites for hydroxylation is 1. The van der Waals surface area contributed by atoms with Gasteiger partial charge in [0, 0.05) is 36.8 Å². The van der Waals surface area contributed by atoms with Crippen molar-refractivity contribution in [2.45, 2.75) is 13.0 Å². The molecule has 1 aliphatic rings. The number of nitro groups is 1. The van der Waals surface area contributed by atoms with Gasteiger partial charge in [0.15, 0.2) is 5.82 Å². The summed E-state index contributed by atoms with van der Waals surface area (Å²) in [4.78, 5) is 17.2. The Labute approximate surface area is 127 Å². The first-order valence-electron chi connectivity index (χ1n) is 7.06. The third-order valence-electron chi connectivity index (χ3n) is 3.90. The lowest BCUT2D eigenvalue weighted by Gasteiger charge is -2.30. The predicted molar refractivity (Wildman–Crippen MR) is 79.4 cm³/mol. The lowest BCUT2D eigenvalue weighted by Crippen LogP contribution is -2.44. The SMILES string of the molecule is Cc1ccc(-c2nc(C3CNCCN3C)no2)cc1[N+](=O)[O-]. The normalized spacial score (nSPS) is 19.3. The van der Waals surface area contributed by atoms with E-state index in [2.05, 4.69) is 20.4 Å². The van der Waals surface area contributed by atoms with Crippen LogP contribution in [0.1, 0.15) is 17.4 Å². The van der Waals surface area contributed by atoms with Gasteiger partial charge in [0.2, 0.25) is 0 Å². The standard InChI is InChI=1S/C14H17N5O3/c1-9-3-4-10(7-11(9)19(20)21)14-16-13(17-22-14)12-8-15-5-6-18(12)2/h3-4,7,12,15H,5-6,8H2,1-2H3. The average Bonchev–Trinajstić information content (AvgIpc) is 2.97. The summed E-state index contributed by atoms with van der Waals surface area (Å²) in [5.41, 5.74) is 1.21. The van der Waals surface area contributed by atoms with E-state index in [0.717, 1.165) is 19.6 Å². The third kappa shape index (κ3) is 2.70.